The molecule has 4 nitrogen and oxygen atoms in total. The van der Waals surface area contributed by atoms with Crippen molar-refractivity contribution in [2.24, 2.45) is 0 Å². The zero-order valence-corrected chi connectivity index (χ0v) is 14.9. The zero-order chi connectivity index (χ0) is 18.0. The summed E-state index contributed by atoms with van der Waals surface area (Å²) in [5.74, 6) is -0.790. The molecule has 0 aromatic rings. The summed E-state index contributed by atoms with van der Waals surface area (Å²) >= 11 is 0. The highest BCUT2D eigenvalue weighted by atomic mass is 16.4. The summed E-state index contributed by atoms with van der Waals surface area (Å²) in [6.07, 6.45) is 18.4. The standard InChI is InChI=1S/C20H34O4/c1-2-3-4-5-6-7-8-9-12-15-18(21)19(22)16-13-10-11-14-17-20(23)24/h6-7,9-10,12-13,18-19,21-22H,2-5,8,11,14-17H2,1H3,(H,23,24)/t18-,19+/m1/s1. The maximum Gasteiger partial charge on any atom is 0.303 e. The Balaban J connectivity index is 3.70. The summed E-state index contributed by atoms with van der Waals surface area (Å²) in [5, 5.41) is 28.2. The monoisotopic (exact) mass is 338 g/mol. The highest BCUT2D eigenvalue weighted by Crippen LogP contribution is 2.07. The molecule has 0 saturated heterocycles. The largest absolute Gasteiger partial charge is 0.481 e. The maximum atomic E-state index is 10.3. The van der Waals surface area contributed by atoms with Crippen LogP contribution in [0.15, 0.2) is 36.5 Å². The second-order valence-corrected chi connectivity index (χ2v) is 6.04. The summed E-state index contributed by atoms with van der Waals surface area (Å²) in [4.78, 5) is 10.3. The Hall–Kier alpha value is -1.39. The lowest BCUT2D eigenvalue weighted by molar-refractivity contribution is -0.137. The number of carboxylic acids is 1. The van der Waals surface area contributed by atoms with Crippen molar-refractivity contribution in [2.45, 2.75) is 83.3 Å². The van der Waals surface area contributed by atoms with Gasteiger partial charge in [-0.2, -0.15) is 0 Å². The smallest absolute Gasteiger partial charge is 0.303 e. The van der Waals surface area contributed by atoms with E-state index in [0.29, 0.717) is 25.7 Å². The molecule has 0 rings (SSSR count). The van der Waals surface area contributed by atoms with Crippen LogP contribution in [0.4, 0.5) is 0 Å². The van der Waals surface area contributed by atoms with Gasteiger partial charge in [0.1, 0.15) is 0 Å². The SMILES string of the molecule is CCCCCC=CCC=CC[C@@H](O)[C@@H](O)CC=CCCCC(=O)O. The molecule has 0 spiro atoms. The van der Waals surface area contributed by atoms with Crippen molar-refractivity contribution in [1.29, 1.82) is 0 Å². The van der Waals surface area contributed by atoms with Gasteiger partial charge < -0.3 is 15.3 Å². The lowest BCUT2D eigenvalue weighted by atomic mass is 10.1. The predicted octanol–water partition coefficient (Wildman–Crippen LogP) is 4.38. The van der Waals surface area contributed by atoms with E-state index in [1.54, 1.807) is 6.08 Å². The first-order valence-electron chi connectivity index (χ1n) is 9.10. The number of hydrogen-bond acceptors (Lipinski definition) is 3. The molecule has 4 heteroatoms. The fourth-order valence-electron chi connectivity index (χ4n) is 2.18. The fourth-order valence-corrected chi connectivity index (χ4v) is 2.18. The van der Waals surface area contributed by atoms with E-state index in [-0.39, 0.29) is 6.42 Å². The molecule has 0 aliphatic rings. The van der Waals surface area contributed by atoms with Gasteiger partial charge in [0.05, 0.1) is 12.2 Å². The van der Waals surface area contributed by atoms with E-state index >= 15 is 0 Å². The number of aliphatic hydroxyl groups excluding tert-OH is 2. The number of aliphatic hydroxyl groups is 2. The van der Waals surface area contributed by atoms with Crippen LogP contribution in [0.2, 0.25) is 0 Å². The van der Waals surface area contributed by atoms with Crippen LogP contribution in [0.5, 0.6) is 0 Å². The Morgan fingerprint density at radius 1 is 0.833 bits per heavy atom. The molecular formula is C20H34O4. The Labute approximate surface area is 146 Å². The molecular weight excluding hydrogens is 304 g/mol. The first kappa shape index (κ1) is 22.6. The van der Waals surface area contributed by atoms with Gasteiger partial charge in [0.15, 0.2) is 0 Å². The van der Waals surface area contributed by atoms with E-state index in [1.807, 2.05) is 18.2 Å². The van der Waals surface area contributed by atoms with E-state index in [0.717, 1.165) is 12.8 Å². The number of rotatable bonds is 15. The van der Waals surface area contributed by atoms with Crippen molar-refractivity contribution in [3.63, 3.8) is 0 Å². The molecule has 0 unspecified atom stereocenters. The van der Waals surface area contributed by atoms with Crippen molar-refractivity contribution in [1.82, 2.24) is 0 Å². The topological polar surface area (TPSA) is 77.8 Å². The molecule has 0 radical (unpaired) electrons. The first-order chi connectivity index (χ1) is 11.6. The molecule has 0 bridgehead atoms. The second-order valence-electron chi connectivity index (χ2n) is 6.04. The average Bonchev–Trinajstić information content (AvgIpc) is 2.55. The minimum Gasteiger partial charge on any atom is -0.481 e. The van der Waals surface area contributed by atoms with Crippen LogP contribution in [-0.4, -0.2) is 33.5 Å². The number of hydrogen-bond donors (Lipinski definition) is 3. The van der Waals surface area contributed by atoms with Gasteiger partial charge in [0.25, 0.3) is 0 Å². The van der Waals surface area contributed by atoms with Gasteiger partial charge >= 0.3 is 5.97 Å². The summed E-state index contributed by atoms with van der Waals surface area (Å²) in [6, 6.07) is 0. The second kappa shape index (κ2) is 16.5. The number of allylic oxidation sites excluding steroid dienone is 4. The van der Waals surface area contributed by atoms with Crippen molar-refractivity contribution < 1.29 is 20.1 Å². The van der Waals surface area contributed by atoms with Crippen LogP contribution in [0.25, 0.3) is 0 Å². The van der Waals surface area contributed by atoms with Crippen LogP contribution in [0.3, 0.4) is 0 Å². The van der Waals surface area contributed by atoms with Gasteiger partial charge in [-0.05, 0) is 44.9 Å². The Bertz CT molecular complexity index is 385. The lowest BCUT2D eigenvalue weighted by Gasteiger charge is -2.14. The van der Waals surface area contributed by atoms with Gasteiger partial charge in [0.2, 0.25) is 0 Å². The molecule has 0 aliphatic carbocycles. The van der Waals surface area contributed by atoms with Gasteiger partial charge in [0, 0.05) is 6.42 Å². The Morgan fingerprint density at radius 2 is 1.38 bits per heavy atom. The normalized spacial score (nSPS) is 14.8. The number of aliphatic carboxylic acids is 1. The summed E-state index contributed by atoms with van der Waals surface area (Å²) < 4.78 is 0. The van der Waals surface area contributed by atoms with E-state index < -0.39 is 18.2 Å². The third-order valence-corrected chi connectivity index (χ3v) is 3.71. The number of unbranched alkanes of at least 4 members (excludes halogenated alkanes) is 4. The molecule has 0 aliphatic heterocycles. The maximum absolute atomic E-state index is 10.3. The number of carboxylic acid groups (broad SMARTS) is 1. The fraction of sp³-hybridized carbons (Fsp3) is 0.650. The van der Waals surface area contributed by atoms with Crippen molar-refractivity contribution in [3.8, 4) is 0 Å². The third kappa shape index (κ3) is 15.5. The molecule has 2 atom stereocenters. The van der Waals surface area contributed by atoms with Crippen LogP contribution >= 0.6 is 0 Å². The van der Waals surface area contributed by atoms with Gasteiger partial charge in [-0.3, -0.25) is 4.79 Å². The minimum atomic E-state index is -0.790. The molecule has 0 saturated carbocycles. The van der Waals surface area contributed by atoms with Crippen molar-refractivity contribution in [3.05, 3.63) is 36.5 Å². The van der Waals surface area contributed by atoms with Gasteiger partial charge in [-0.1, -0.05) is 56.2 Å². The highest BCUT2D eigenvalue weighted by molar-refractivity contribution is 5.66. The summed E-state index contributed by atoms with van der Waals surface area (Å²) in [6.45, 7) is 2.20. The molecule has 0 amide bonds. The zero-order valence-electron chi connectivity index (χ0n) is 14.9. The van der Waals surface area contributed by atoms with Crippen LogP contribution in [-0.2, 0) is 4.79 Å². The van der Waals surface area contributed by atoms with Gasteiger partial charge in [-0.25, -0.2) is 0 Å². The van der Waals surface area contributed by atoms with E-state index in [2.05, 4.69) is 19.1 Å². The Morgan fingerprint density at radius 3 is 2.00 bits per heavy atom. The van der Waals surface area contributed by atoms with Gasteiger partial charge in [-0.15, -0.1) is 0 Å². The van der Waals surface area contributed by atoms with Crippen LogP contribution in [0, 0.1) is 0 Å². The van der Waals surface area contributed by atoms with Crippen molar-refractivity contribution in [2.75, 3.05) is 0 Å². The molecule has 138 valence electrons. The van der Waals surface area contributed by atoms with Crippen LogP contribution in [0.1, 0.15) is 71.1 Å². The average molecular weight is 338 g/mol. The summed E-state index contributed by atoms with van der Waals surface area (Å²) in [7, 11) is 0. The molecule has 0 aromatic carbocycles. The molecule has 0 fully saturated rings. The number of carbonyl (C=O) groups is 1. The quantitative estimate of drug-likeness (QED) is 0.306. The van der Waals surface area contributed by atoms with Crippen molar-refractivity contribution >= 4 is 5.97 Å². The Kier molecular flexibility index (Phi) is 15.5. The minimum absolute atomic E-state index is 0.160. The highest BCUT2D eigenvalue weighted by Gasteiger charge is 2.12. The molecule has 0 aromatic heterocycles. The molecule has 0 heterocycles. The molecule has 24 heavy (non-hydrogen) atoms. The molecule has 3 N–H and O–H groups in total. The van der Waals surface area contributed by atoms with Crippen LogP contribution < -0.4 is 0 Å². The van der Waals surface area contributed by atoms with E-state index in [1.165, 1.54) is 19.3 Å². The first-order valence-corrected chi connectivity index (χ1v) is 9.10. The lowest BCUT2D eigenvalue weighted by Crippen LogP contribution is -2.24. The van der Waals surface area contributed by atoms with E-state index in [9.17, 15) is 15.0 Å². The third-order valence-electron chi connectivity index (χ3n) is 3.71. The predicted molar refractivity (Wildman–Crippen MR) is 98.9 cm³/mol. The van der Waals surface area contributed by atoms with E-state index in [4.69, 9.17) is 5.11 Å². The summed E-state index contributed by atoms with van der Waals surface area (Å²) in [5.41, 5.74) is 0.